The second kappa shape index (κ2) is 5.27. The van der Waals surface area contributed by atoms with Crippen LogP contribution in [0.2, 0.25) is 0 Å². The Labute approximate surface area is 101 Å². The molecule has 17 heavy (non-hydrogen) atoms. The van der Waals surface area contributed by atoms with Gasteiger partial charge in [-0.2, -0.15) is 0 Å². The lowest BCUT2D eigenvalue weighted by atomic mass is 9.98. The van der Waals surface area contributed by atoms with E-state index in [9.17, 15) is 10.0 Å². The first-order valence-corrected chi connectivity index (χ1v) is 5.96. The fraction of sp³-hybridized carbons (Fsp3) is 0.538. The number of benzene rings is 1. The van der Waals surface area contributed by atoms with E-state index in [4.69, 9.17) is 4.74 Å². The number of aliphatic hydroxyl groups is 1. The molecular weight excluding hydrogens is 218 g/mol. The van der Waals surface area contributed by atoms with Crippen molar-refractivity contribution in [3.63, 3.8) is 0 Å². The summed E-state index contributed by atoms with van der Waals surface area (Å²) in [5.41, 5.74) is 0.340. The number of ether oxygens (including phenoxy) is 1. The number of rotatable bonds is 4. The molecule has 0 aromatic heterocycles. The first-order valence-electron chi connectivity index (χ1n) is 5.96. The Morgan fingerprint density at radius 3 is 2.82 bits per heavy atom. The van der Waals surface area contributed by atoms with Gasteiger partial charge in [0.25, 0.3) is 0 Å². The second-order valence-electron chi connectivity index (χ2n) is 4.59. The lowest BCUT2D eigenvalue weighted by molar-refractivity contribution is 0.127. The maximum Gasteiger partial charge on any atom is 0.149 e. The molecular formula is C13H17NO3. The molecule has 1 aliphatic carbocycles. The van der Waals surface area contributed by atoms with Crippen molar-refractivity contribution in [1.29, 1.82) is 0 Å². The third kappa shape index (κ3) is 2.47. The number of para-hydroxylation sites is 1. The monoisotopic (exact) mass is 235 g/mol. The highest BCUT2D eigenvalue weighted by Crippen LogP contribution is 2.36. The van der Waals surface area contributed by atoms with Crippen LogP contribution in [0.25, 0.3) is 0 Å². The topological polar surface area (TPSA) is 58.9 Å². The number of hydrogen-bond acceptors (Lipinski definition) is 4. The molecule has 0 aliphatic heterocycles. The number of nitrogens with zero attached hydrogens (tertiary/aromatic N) is 1. The van der Waals surface area contributed by atoms with E-state index >= 15 is 0 Å². The Morgan fingerprint density at radius 1 is 1.41 bits per heavy atom. The Balaban J connectivity index is 2.09. The van der Waals surface area contributed by atoms with Crippen molar-refractivity contribution >= 4 is 5.69 Å². The van der Waals surface area contributed by atoms with Crippen LogP contribution < -0.4 is 4.74 Å². The third-order valence-electron chi connectivity index (χ3n) is 3.63. The van der Waals surface area contributed by atoms with E-state index < -0.39 is 0 Å². The zero-order chi connectivity index (χ0) is 12.3. The molecule has 1 aromatic rings. The van der Waals surface area contributed by atoms with Gasteiger partial charge in [0.15, 0.2) is 0 Å². The molecule has 92 valence electrons. The first kappa shape index (κ1) is 12.0. The summed E-state index contributed by atoms with van der Waals surface area (Å²) in [4.78, 5) is 10.6. The van der Waals surface area contributed by atoms with E-state index in [2.05, 4.69) is 12.1 Å². The normalized spacial score (nSPS) is 28.0. The molecule has 1 saturated carbocycles. The summed E-state index contributed by atoms with van der Waals surface area (Å²) >= 11 is 0. The molecule has 0 bridgehead atoms. The summed E-state index contributed by atoms with van der Waals surface area (Å²) in [7, 11) is 0. The van der Waals surface area contributed by atoms with E-state index in [1.54, 1.807) is 18.2 Å². The standard InChI is InChI=1S/C13H17NO3/c1-9-10(8-15)6-7-12(9)17-13-5-3-2-4-11(13)14-16/h2-5,9-10,12,15H,6-8H2,1H3/t9-,10-,12+/m1/s1. The predicted octanol–water partition coefficient (Wildman–Crippen LogP) is 2.87. The molecule has 4 nitrogen and oxygen atoms in total. The Bertz CT molecular complexity index is 394. The minimum absolute atomic E-state index is 0.0649. The Morgan fingerprint density at radius 2 is 2.18 bits per heavy atom. The molecule has 0 amide bonds. The molecule has 1 aliphatic rings. The van der Waals surface area contributed by atoms with Gasteiger partial charge in [-0.15, -0.1) is 4.91 Å². The van der Waals surface area contributed by atoms with Gasteiger partial charge in [-0.1, -0.05) is 19.1 Å². The van der Waals surface area contributed by atoms with Crippen LogP contribution in [0.15, 0.2) is 29.4 Å². The van der Waals surface area contributed by atoms with E-state index in [0.717, 1.165) is 12.8 Å². The van der Waals surface area contributed by atoms with E-state index in [1.165, 1.54) is 0 Å². The van der Waals surface area contributed by atoms with Gasteiger partial charge >= 0.3 is 0 Å². The SMILES string of the molecule is C[C@@H]1[C@@H](CO)CC[C@@H]1Oc1ccccc1N=O. The first-order chi connectivity index (χ1) is 8.26. The third-order valence-corrected chi connectivity index (χ3v) is 3.63. The van der Waals surface area contributed by atoms with Crippen molar-refractivity contribution in [1.82, 2.24) is 0 Å². The fourth-order valence-electron chi connectivity index (χ4n) is 2.43. The van der Waals surface area contributed by atoms with Gasteiger partial charge in [0.05, 0.1) is 0 Å². The highest BCUT2D eigenvalue weighted by Gasteiger charge is 2.34. The smallest absolute Gasteiger partial charge is 0.149 e. The number of nitroso groups, excluding NO2 is 1. The summed E-state index contributed by atoms with van der Waals surface area (Å²) in [6.07, 6.45) is 1.95. The molecule has 0 unspecified atom stereocenters. The van der Waals surface area contributed by atoms with Crippen molar-refractivity contribution < 1.29 is 9.84 Å². The molecule has 0 saturated heterocycles. The Kier molecular flexibility index (Phi) is 3.74. The maximum atomic E-state index is 10.6. The summed E-state index contributed by atoms with van der Waals surface area (Å²) in [5, 5.41) is 12.1. The van der Waals surface area contributed by atoms with Crippen LogP contribution in [0.4, 0.5) is 5.69 Å². The quantitative estimate of drug-likeness (QED) is 0.816. The molecule has 2 rings (SSSR count). The van der Waals surface area contributed by atoms with Gasteiger partial charge in [0.1, 0.15) is 17.5 Å². The highest BCUT2D eigenvalue weighted by molar-refractivity contribution is 5.51. The minimum atomic E-state index is 0.0649. The molecule has 4 heteroatoms. The van der Waals surface area contributed by atoms with Gasteiger partial charge in [-0.25, -0.2) is 0 Å². The largest absolute Gasteiger partial charge is 0.488 e. The zero-order valence-electron chi connectivity index (χ0n) is 9.87. The molecule has 1 aromatic carbocycles. The van der Waals surface area contributed by atoms with Gasteiger partial charge in [0, 0.05) is 6.61 Å². The molecule has 3 atom stereocenters. The van der Waals surface area contributed by atoms with E-state index in [1.807, 2.05) is 6.07 Å². The van der Waals surface area contributed by atoms with Crippen molar-refractivity contribution in [2.75, 3.05) is 6.61 Å². The van der Waals surface area contributed by atoms with Crippen LogP contribution in [-0.4, -0.2) is 17.8 Å². The second-order valence-corrected chi connectivity index (χ2v) is 4.59. The minimum Gasteiger partial charge on any atom is -0.488 e. The summed E-state index contributed by atoms with van der Waals surface area (Å²) in [6, 6.07) is 6.99. The Hall–Kier alpha value is -1.42. The van der Waals surface area contributed by atoms with E-state index in [0.29, 0.717) is 23.3 Å². The lowest BCUT2D eigenvalue weighted by Crippen LogP contribution is -2.23. The molecule has 0 spiro atoms. The average Bonchev–Trinajstić information content (AvgIpc) is 2.71. The van der Waals surface area contributed by atoms with Crippen molar-refractivity contribution in [3.8, 4) is 5.75 Å². The predicted molar refractivity (Wildman–Crippen MR) is 65.3 cm³/mol. The molecule has 1 N–H and O–H groups in total. The van der Waals surface area contributed by atoms with Crippen LogP contribution in [-0.2, 0) is 0 Å². The molecule has 0 radical (unpaired) electrons. The average molecular weight is 235 g/mol. The van der Waals surface area contributed by atoms with Crippen LogP contribution in [0, 0.1) is 16.7 Å². The fourth-order valence-corrected chi connectivity index (χ4v) is 2.43. The lowest BCUT2D eigenvalue weighted by Gasteiger charge is -2.21. The molecule has 0 heterocycles. The van der Waals surface area contributed by atoms with Crippen LogP contribution in [0.3, 0.4) is 0 Å². The van der Waals surface area contributed by atoms with Crippen molar-refractivity contribution in [3.05, 3.63) is 29.2 Å². The van der Waals surface area contributed by atoms with Crippen LogP contribution in [0.1, 0.15) is 19.8 Å². The maximum absolute atomic E-state index is 10.6. The van der Waals surface area contributed by atoms with Gasteiger partial charge in [0.2, 0.25) is 0 Å². The number of hydrogen-bond donors (Lipinski definition) is 1. The van der Waals surface area contributed by atoms with Crippen LogP contribution in [0.5, 0.6) is 5.75 Å². The number of aliphatic hydroxyl groups excluding tert-OH is 1. The van der Waals surface area contributed by atoms with E-state index in [-0.39, 0.29) is 12.7 Å². The summed E-state index contributed by atoms with van der Waals surface area (Å²) in [6.45, 7) is 2.28. The van der Waals surface area contributed by atoms with Gasteiger partial charge in [-0.3, -0.25) is 0 Å². The zero-order valence-corrected chi connectivity index (χ0v) is 9.87. The summed E-state index contributed by atoms with van der Waals surface area (Å²) < 4.78 is 5.84. The van der Waals surface area contributed by atoms with Gasteiger partial charge < -0.3 is 9.84 Å². The highest BCUT2D eigenvalue weighted by atomic mass is 16.5. The van der Waals surface area contributed by atoms with Gasteiger partial charge in [-0.05, 0) is 42.0 Å². The van der Waals surface area contributed by atoms with Crippen molar-refractivity contribution in [2.24, 2.45) is 17.0 Å². The summed E-state index contributed by atoms with van der Waals surface area (Å²) in [5.74, 6) is 1.15. The molecule has 1 fully saturated rings. The van der Waals surface area contributed by atoms with Crippen LogP contribution >= 0.6 is 0 Å². The van der Waals surface area contributed by atoms with Crippen molar-refractivity contribution in [2.45, 2.75) is 25.9 Å².